The summed E-state index contributed by atoms with van der Waals surface area (Å²) < 4.78 is 11.2. The summed E-state index contributed by atoms with van der Waals surface area (Å²) in [7, 11) is 0. The normalized spacial score (nSPS) is 19.3. The Morgan fingerprint density at radius 2 is 0.789 bits per heavy atom. The predicted octanol–water partition coefficient (Wildman–Crippen LogP) is 15.7. The van der Waals surface area contributed by atoms with Crippen LogP contribution < -0.4 is 5.32 Å². The SMILES string of the molecule is CCCCCCCCC/C=C/C(O)C(COC1OC(CO)C(O)C(O)C1O)NC(=O)CCCCCCCCCCCCCCCCCCCCCCCCCCCCC/C=C\CCCCCCCCCC. The molecule has 7 atom stereocenters. The molecule has 0 saturated carbocycles. The summed E-state index contributed by atoms with van der Waals surface area (Å²) in [5.41, 5.74) is 0. The van der Waals surface area contributed by atoms with Gasteiger partial charge in [0.1, 0.15) is 24.4 Å². The number of aliphatic hydroxyl groups is 5. The van der Waals surface area contributed by atoms with Crippen LogP contribution >= 0.6 is 0 Å². The molecule has 7 unspecified atom stereocenters. The lowest BCUT2D eigenvalue weighted by Crippen LogP contribution is -2.60. The summed E-state index contributed by atoms with van der Waals surface area (Å²) in [5.74, 6) is -0.174. The molecule has 0 aromatic carbocycles. The van der Waals surface area contributed by atoms with E-state index in [2.05, 4.69) is 31.3 Å². The summed E-state index contributed by atoms with van der Waals surface area (Å²) in [6.45, 7) is 3.77. The van der Waals surface area contributed by atoms with Crippen LogP contribution in [0.2, 0.25) is 0 Å². The lowest BCUT2D eigenvalue weighted by Gasteiger charge is -2.40. The lowest BCUT2D eigenvalue weighted by molar-refractivity contribution is -0.302. The van der Waals surface area contributed by atoms with Crippen molar-refractivity contribution in [3.8, 4) is 0 Å². The maximum Gasteiger partial charge on any atom is 0.220 e. The number of carbonyl (C=O) groups excluding carboxylic acids is 1. The van der Waals surface area contributed by atoms with Crippen molar-refractivity contribution < 1.29 is 39.8 Å². The molecule has 1 amide bonds. The summed E-state index contributed by atoms with van der Waals surface area (Å²) in [6.07, 6.45) is 60.3. The first-order valence-corrected chi connectivity index (χ1v) is 31.1. The van der Waals surface area contributed by atoms with Gasteiger partial charge in [0.2, 0.25) is 5.91 Å². The highest BCUT2D eigenvalue weighted by molar-refractivity contribution is 5.76. The van der Waals surface area contributed by atoms with Crippen LogP contribution in [0, 0.1) is 0 Å². The van der Waals surface area contributed by atoms with E-state index >= 15 is 0 Å². The Balaban J connectivity index is 1.97. The van der Waals surface area contributed by atoms with Crippen molar-refractivity contribution in [2.24, 2.45) is 0 Å². The zero-order valence-electron chi connectivity index (χ0n) is 46.8. The second-order valence-electron chi connectivity index (χ2n) is 21.9. The van der Waals surface area contributed by atoms with E-state index in [4.69, 9.17) is 9.47 Å². The fourth-order valence-corrected chi connectivity index (χ4v) is 10.1. The van der Waals surface area contributed by atoms with Crippen LogP contribution in [0.5, 0.6) is 0 Å². The molecule has 9 heteroatoms. The second kappa shape index (κ2) is 52.1. The van der Waals surface area contributed by atoms with Gasteiger partial charge in [0, 0.05) is 6.42 Å². The first-order valence-electron chi connectivity index (χ1n) is 31.1. The molecule has 1 rings (SSSR count). The van der Waals surface area contributed by atoms with Gasteiger partial charge in [-0.2, -0.15) is 0 Å². The molecule has 1 aliphatic rings. The monoisotopic (exact) mass is 1010 g/mol. The third-order valence-corrected chi connectivity index (χ3v) is 15.0. The van der Waals surface area contributed by atoms with E-state index in [9.17, 15) is 30.3 Å². The van der Waals surface area contributed by atoms with Crippen LogP contribution in [0.25, 0.3) is 0 Å². The number of carbonyl (C=O) groups is 1. The molecule has 0 aromatic heterocycles. The average molecular weight is 1010 g/mol. The van der Waals surface area contributed by atoms with Crippen LogP contribution in [0.3, 0.4) is 0 Å². The molecule has 1 saturated heterocycles. The van der Waals surface area contributed by atoms with Gasteiger partial charge in [-0.1, -0.05) is 282 Å². The standard InChI is InChI=1S/C62H119NO8/c1-3-5-7-9-11-13-14-15-16-17-18-19-20-21-22-23-24-25-26-27-28-29-30-31-32-33-34-35-36-37-38-39-40-41-42-44-46-48-50-52-58(66)63-55(56(65)51-49-47-45-43-12-10-8-6-4-2)54-70-62-61(69)60(68)59(67)57(53-64)71-62/h17-18,49,51,55-57,59-62,64-65,67-69H,3-16,19-48,50,52-54H2,1-2H3,(H,63,66)/b18-17-,51-49+. The minimum absolute atomic E-state index is 0.174. The van der Waals surface area contributed by atoms with Crippen LogP contribution in [-0.2, 0) is 14.3 Å². The number of nitrogens with one attached hydrogen (secondary N) is 1. The largest absolute Gasteiger partial charge is 0.394 e. The number of amides is 1. The van der Waals surface area contributed by atoms with Gasteiger partial charge in [-0.25, -0.2) is 0 Å². The van der Waals surface area contributed by atoms with Gasteiger partial charge >= 0.3 is 0 Å². The topological polar surface area (TPSA) is 149 Å². The first-order chi connectivity index (χ1) is 34.8. The highest BCUT2D eigenvalue weighted by Gasteiger charge is 2.44. The minimum atomic E-state index is -1.56. The molecule has 0 spiro atoms. The van der Waals surface area contributed by atoms with Gasteiger partial charge in [-0.15, -0.1) is 0 Å². The van der Waals surface area contributed by atoms with Crippen molar-refractivity contribution in [2.75, 3.05) is 13.2 Å². The Morgan fingerprint density at radius 1 is 0.465 bits per heavy atom. The van der Waals surface area contributed by atoms with E-state index in [1.54, 1.807) is 6.08 Å². The molecule has 0 aromatic rings. The Hall–Kier alpha value is -1.33. The Morgan fingerprint density at radius 3 is 1.14 bits per heavy atom. The number of hydrogen-bond acceptors (Lipinski definition) is 8. The van der Waals surface area contributed by atoms with Gasteiger partial charge in [-0.05, 0) is 44.9 Å². The molecule has 9 nitrogen and oxygen atoms in total. The van der Waals surface area contributed by atoms with E-state index in [1.807, 2.05) is 6.08 Å². The van der Waals surface area contributed by atoms with Crippen molar-refractivity contribution in [1.82, 2.24) is 5.32 Å². The number of aliphatic hydroxyl groups excluding tert-OH is 5. The van der Waals surface area contributed by atoms with Crippen LogP contribution in [0.4, 0.5) is 0 Å². The van der Waals surface area contributed by atoms with Gasteiger partial charge in [0.25, 0.3) is 0 Å². The Kier molecular flexibility index (Phi) is 49.7. The van der Waals surface area contributed by atoms with Gasteiger partial charge in [0.05, 0.1) is 25.4 Å². The Bertz CT molecular complexity index is 1170. The number of unbranched alkanes of at least 4 members (excludes halogenated alkanes) is 42. The lowest BCUT2D eigenvalue weighted by atomic mass is 9.99. The minimum Gasteiger partial charge on any atom is -0.394 e. The zero-order valence-corrected chi connectivity index (χ0v) is 46.8. The molecular formula is C62H119NO8. The number of ether oxygens (including phenoxy) is 2. The zero-order chi connectivity index (χ0) is 51.5. The van der Waals surface area contributed by atoms with E-state index in [0.717, 1.165) is 38.5 Å². The Labute approximate surface area is 439 Å². The molecule has 6 N–H and O–H groups in total. The number of rotatable bonds is 54. The quantitative estimate of drug-likeness (QED) is 0.0261. The van der Waals surface area contributed by atoms with Crippen LogP contribution in [-0.4, -0.2) is 87.5 Å². The summed E-state index contributed by atoms with van der Waals surface area (Å²) in [6, 6.07) is -0.799. The van der Waals surface area contributed by atoms with Crippen molar-refractivity contribution in [3.05, 3.63) is 24.3 Å². The highest BCUT2D eigenvalue weighted by Crippen LogP contribution is 2.23. The number of hydrogen-bond donors (Lipinski definition) is 6. The van der Waals surface area contributed by atoms with Gasteiger partial charge in [0.15, 0.2) is 6.29 Å². The summed E-state index contributed by atoms with van der Waals surface area (Å²) >= 11 is 0. The third-order valence-electron chi connectivity index (χ3n) is 15.0. The molecule has 1 aliphatic heterocycles. The fourth-order valence-electron chi connectivity index (χ4n) is 10.1. The maximum atomic E-state index is 13.0. The molecule has 0 bridgehead atoms. The van der Waals surface area contributed by atoms with Crippen molar-refractivity contribution >= 4 is 5.91 Å². The molecule has 0 aliphatic carbocycles. The molecule has 71 heavy (non-hydrogen) atoms. The summed E-state index contributed by atoms with van der Waals surface area (Å²) in [4.78, 5) is 13.0. The fraction of sp³-hybridized carbons (Fsp3) is 0.919. The molecule has 420 valence electrons. The highest BCUT2D eigenvalue weighted by atomic mass is 16.7. The van der Waals surface area contributed by atoms with Crippen molar-refractivity contribution in [3.63, 3.8) is 0 Å². The predicted molar refractivity (Wildman–Crippen MR) is 300 cm³/mol. The van der Waals surface area contributed by atoms with Crippen LogP contribution in [0.15, 0.2) is 24.3 Å². The molecule has 0 radical (unpaired) electrons. The first kappa shape index (κ1) is 67.7. The van der Waals surface area contributed by atoms with E-state index in [-0.39, 0.29) is 12.5 Å². The second-order valence-corrected chi connectivity index (χ2v) is 21.9. The molecule has 1 heterocycles. The summed E-state index contributed by atoms with van der Waals surface area (Å²) in [5, 5.41) is 54.2. The molecule has 1 fully saturated rings. The van der Waals surface area contributed by atoms with Gasteiger partial charge < -0.3 is 40.3 Å². The smallest absolute Gasteiger partial charge is 0.220 e. The number of allylic oxidation sites excluding steroid dienone is 3. The van der Waals surface area contributed by atoms with Crippen molar-refractivity contribution in [2.45, 2.75) is 352 Å². The van der Waals surface area contributed by atoms with E-state index < -0.39 is 49.5 Å². The van der Waals surface area contributed by atoms with Crippen LogP contribution in [0.1, 0.15) is 309 Å². The van der Waals surface area contributed by atoms with Gasteiger partial charge in [-0.3, -0.25) is 4.79 Å². The maximum absolute atomic E-state index is 13.0. The average Bonchev–Trinajstić information content (AvgIpc) is 3.37. The van der Waals surface area contributed by atoms with Crippen molar-refractivity contribution in [1.29, 1.82) is 0 Å². The molecular weight excluding hydrogens is 887 g/mol. The third kappa shape index (κ3) is 41.6. The van der Waals surface area contributed by atoms with E-state index in [1.165, 1.54) is 250 Å². The van der Waals surface area contributed by atoms with E-state index in [0.29, 0.717) is 6.42 Å².